The summed E-state index contributed by atoms with van der Waals surface area (Å²) in [5.41, 5.74) is 0.243. The van der Waals surface area contributed by atoms with Crippen molar-refractivity contribution in [3.05, 3.63) is 0 Å². The van der Waals surface area contributed by atoms with Crippen LogP contribution in [-0.2, 0) is 0 Å². The summed E-state index contributed by atoms with van der Waals surface area (Å²) in [4.78, 5) is 0. The first-order valence-electron chi connectivity index (χ1n) is 2.68. The molecule has 0 bridgehead atoms. The van der Waals surface area contributed by atoms with Gasteiger partial charge in [-0.1, -0.05) is 6.92 Å². The highest BCUT2D eigenvalue weighted by Crippen LogP contribution is 2.26. The Bertz CT molecular complexity index is 113. The monoisotopic (exact) mass is 133 g/mol. The first-order chi connectivity index (χ1) is 3.83. The third-order valence-corrected chi connectivity index (χ3v) is 1.86. The lowest BCUT2D eigenvalue weighted by atomic mass is 10.2. The van der Waals surface area contributed by atoms with E-state index in [0.29, 0.717) is 6.42 Å². The van der Waals surface area contributed by atoms with Gasteiger partial charge in [0.2, 0.25) is 0 Å². The van der Waals surface area contributed by atoms with Gasteiger partial charge in [-0.3, -0.25) is 0 Å². The summed E-state index contributed by atoms with van der Waals surface area (Å²) in [5, 5.41) is 0. The van der Waals surface area contributed by atoms with Crippen LogP contribution in [0.15, 0.2) is 4.40 Å². The normalized spacial score (nSPS) is 28.2. The average Bonchev–Trinajstić information content (AvgIpc) is 2.14. The number of halogens is 1. The molecule has 1 aliphatic heterocycles. The molecule has 0 amide bonds. The van der Waals surface area contributed by atoms with E-state index in [9.17, 15) is 4.39 Å². The second-order valence-corrected chi connectivity index (χ2v) is 2.64. The van der Waals surface area contributed by atoms with Crippen LogP contribution >= 0.6 is 11.9 Å². The van der Waals surface area contributed by atoms with E-state index in [1.807, 2.05) is 6.92 Å². The number of hydrogen-bond donors (Lipinski definition) is 0. The summed E-state index contributed by atoms with van der Waals surface area (Å²) >= 11 is 1.05. The molecule has 0 fully saturated rings. The van der Waals surface area contributed by atoms with Crippen LogP contribution in [0.1, 0.15) is 19.8 Å². The summed E-state index contributed by atoms with van der Waals surface area (Å²) < 4.78 is 16.1. The predicted octanol–water partition coefficient (Wildman–Crippen LogP) is 2.18. The topological polar surface area (TPSA) is 12.4 Å². The van der Waals surface area contributed by atoms with Gasteiger partial charge in [-0.2, -0.15) is 0 Å². The number of hydrogen-bond acceptors (Lipinski definition) is 2. The lowest BCUT2D eigenvalue weighted by molar-refractivity contribution is 0.468. The van der Waals surface area contributed by atoms with Gasteiger partial charge >= 0.3 is 0 Å². The minimum atomic E-state index is -0.759. The van der Waals surface area contributed by atoms with Crippen LogP contribution in [0.4, 0.5) is 4.39 Å². The number of nitrogens with zero attached hydrogens (tertiary/aromatic N) is 1. The fourth-order valence-corrected chi connectivity index (χ4v) is 1.33. The Morgan fingerprint density at radius 3 is 3.00 bits per heavy atom. The molecule has 0 aliphatic carbocycles. The summed E-state index contributed by atoms with van der Waals surface area (Å²) in [6.45, 7) is 2.00. The molecule has 0 spiro atoms. The molecule has 1 rings (SSSR count). The van der Waals surface area contributed by atoms with Crippen molar-refractivity contribution in [1.82, 2.24) is 0 Å². The van der Waals surface area contributed by atoms with Crippen molar-refractivity contribution in [3.63, 3.8) is 0 Å². The van der Waals surface area contributed by atoms with Crippen LogP contribution < -0.4 is 0 Å². The predicted molar refractivity (Wildman–Crippen MR) is 34.8 cm³/mol. The van der Waals surface area contributed by atoms with E-state index < -0.39 is 5.50 Å². The van der Waals surface area contributed by atoms with Gasteiger partial charge in [-0.25, -0.2) is 8.79 Å². The van der Waals surface area contributed by atoms with Crippen molar-refractivity contribution in [2.24, 2.45) is 4.40 Å². The third kappa shape index (κ3) is 1.22. The van der Waals surface area contributed by atoms with Crippen LogP contribution in [0.5, 0.6) is 0 Å². The standard InChI is InChI=1S/C5H8FNS/c1-2-4-3-5(6)8-7-4/h5H,2-3H2,1H3. The molecule has 0 saturated carbocycles. The van der Waals surface area contributed by atoms with E-state index in [1.165, 1.54) is 0 Å². The second kappa shape index (κ2) is 2.49. The molecule has 0 saturated heterocycles. The fraction of sp³-hybridized carbons (Fsp3) is 0.800. The zero-order chi connectivity index (χ0) is 5.98. The molecule has 0 aromatic heterocycles. The Balaban J connectivity index is 2.37. The van der Waals surface area contributed by atoms with Crippen LogP contribution in [-0.4, -0.2) is 11.2 Å². The van der Waals surface area contributed by atoms with Gasteiger partial charge < -0.3 is 0 Å². The number of rotatable bonds is 1. The molecule has 8 heavy (non-hydrogen) atoms. The fourth-order valence-electron chi connectivity index (χ4n) is 0.600. The maximum Gasteiger partial charge on any atom is 0.172 e. The van der Waals surface area contributed by atoms with Crippen LogP contribution in [0.2, 0.25) is 0 Å². The van der Waals surface area contributed by atoms with Crippen molar-refractivity contribution < 1.29 is 4.39 Å². The van der Waals surface area contributed by atoms with E-state index in [4.69, 9.17) is 0 Å². The van der Waals surface area contributed by atoms with Gasteiger partial charge in [0.15, 0.2) is 5.50 Å². The van der Waals surface area contributed by atoms with Gasteiger partial charge in [-0.05, 0) is 6.42 Å². The van der Waals surface area contributed by atoms with Crippen molar-refractivity contribution in [2.75, 3.05) is 0 Å². The van der Waals surface area contributed by atoms with Crippen molar-refractivity contribution in [3.8, 4) is 0 Å². The largest absolute Gasteiger partial charge is 0.233 e. The molecule has 46 valence electrons. The molecular formula is C5H8FNS. The summed E-state index contributed by atoms with van der Waals surface area (Å²) in [5.74, 6) is 0. The Hall–Kier alpha value is -0.0500. The molecule has 0 aromatic carbocycles. The highest BCUT2D eigenvalue weighted by Gasteiger charge is 2.16. The summed E-state index contributed by atoms with van der Waals surface area (Å²) in [7, 11) is 0. The van der Waals surface area contributed by atoms with Gasteiger partial charge in [0.1, 0.15) is 0 Å². The highest BCUT2D eigenvalue weighted by molar-refractivity contribution is 7.99. The maximum absolute atomic E-state index is 12.2. The molecule has 0 N–H and O–H groups in total. The zero-order valence-electron chi connectivity index (χ0n) is 4.72. The quantitative estimate of drug-likeness (QED) is 0.499. The van der Waals surface area contributed by atoms with Gasteiger partial charge in [0, 0.05) is 24.1 Å². The smallest absolute Gasteiger partial charge is 0.172 e. The zero-order valence-corrected chi connectivity index (χ0v) is 5.54. The summed E-state index contributed by atoms with van der Waals surface area (Å²) in [6, 6.07) is 0. The Morgan fingerprint density at radius 2 is 2.75 bits per heavy atom. The van der Waals surface area contributed by atoms with Crippen molar-refractivity contribution >= 4 is 17.7 Å². The molecule has 1 atom stereocenters. The van der Waals surface area contributed by atoms with Crippen LogP contribution in [0, 0.1) is 0 Å². The van der Waals surface area contributed by atoms with Crippen molar-refractivity contribution in [2.45, 2.75) is 25.3 Å². The van der Waals surface area contributed by atoms with Gasteiger partial charge in [0.25, 0.3) is 0 Å². The molecule has 0 aromatic rings. The second-order valence-electron chi connectivity index (χ2n) is 1.73. The molecule has 3 heteroatoms. The van der Waals surface area contributed by atoms with Crippen molar-refractivity contribution in [1.29, 1.82) is 0 Å². The first kappa shape index (κ1) is 6.08. The molecule has 1 aliphatic rings. The highest BCUT2D eigenvalue weighted by atomic mass is 32.2. The van der Waals surface area contributed by atoms with Crippen LogP contribution in [0.3, 0.4) is 0 Å². The maximum atomic E-state index is 12.2. The molecule has 1 nitrogen and oxygen atoms in total. The Labute approximate surface area is 52.5 Å². The SMILES string of the molecule is CCC1=NSC(F)C1. The van der Waals surface area contributed by atoms with Gasteiger partial charge in [-0.15, -0.1) is 0 Å². The van der Waals surface area contributed by atoms with Gasteiger partial charge in [0.05, 0.1) is 0 Å². The summed E-state index contributed by atoms with van der Waals surface area (Å²) in [6.07, 6.45) is 1.44. The minimum absolute atomic E-state index is 0.543. The first-order valence-corrected chi connectivity index (χ1v) is 3.52. The third-order valence-electron chi connectivity index (χ3n) is 1.10. The van der Waals surface area contributed by atoms with E-state index in [0.717, 1.165) is 24.1 Å². The minimum Gasteiger partial charge on any atom is -0.233 e. The molecule has 1 unspecified atom stereocenters. The molecule has 1 heterocycles. The van der Waals surface area contributed by atoms with E-state index in [1.54, 1.807) is 0 Å². The number of alkyl halides is 1. The van der Waals surface area contributed by atoms with Crippen LogP contribution in [0.25, 0.3) is 0 Å². The molecule has 0 radical (unpaired) electrons. The van der Waals surface area contributed by atoms with E-state index in [2.05, 4.69) is 4.40 Å². The average molecular weight is 133 g/mol. The lowest BCUT2D eigenvalue weighted by Crippen LogP contribution is -1.94. The Morgan fingerprint density at radius 1 is 2.00 bits per heavy atom. The van der Waals surface area contributed by atoms with E-state index >= 15 is 0 Å². The lowest BCUT2D eigenvalue weighted by Gasteiger charge is -1.89. The molecular weight excluding hydrogens is 125 g/mol. The Kier molecular flexibility index (Phi) is 1.89. The van der Waals surface area contributed by atoms with E-state index in [-0.39, 0.29) is 0 Å².